The molecule has 2 aromatic carbocycles. The third kappa shape index (κ3) is 4.59. The Bertz CT molecular complexity index is 1300. The van der Waals surface area contributed by atoms with Crippen molar-refractivity contribution in [1.82, 2.24) is 10.6 Å². The molecule has 6 atom stereocenters. The van der Waals surface area contributed by atoms with Crippen LogP contribution in [0.25, 0.3) is 0 Å². The molecule has 1 unspecified atom stereocenters. The summed E-state index contributed by atoms with van der Waals surface area (Å²) in [7, 11) is 0. The van der Waals surface area contributed by atoms with Crippen molar-refractivity contribution in [1.29, 1.82) is 0 Å². The highest BCUT2D eigenvalue weighted by atomic mass is 35.5. The number of nitrogens with one attached hydrogen (secondary N) is 3. The summed E-state index contributed by atoms with van der Waals surface area (Å²) in [6, 6.07) is 5.10. The number of hydrogen-bond acceptors (Lipinski definition) is 4. The first-order chi connectivity index (χ1) is 17.8. The average molecular weight is 566 g/mol. The summed E-state index contributed by atoms with van der Waals surface area (Å²) >= 11 is 12.3. The summed E-state index contributed by atoms with van der Waals surface area (Å²) in [5.41, 5.74) is -0.439. The average Bonchev–Trinajstić information content (AvgIpc) is 3.45. The summed E-state index contributed by atoms with van der Waals surface area (Å²) in [6.07, 6.45) is 1.66. The highest BCUT2D eigenvalue weighted by Crippen LogP contribution is 2.57. The van der Waals surface area contributed by atoms with Crippen molar-refractivity contribution in [2.45, 2.75) is 82.0 Å². The van der Waals surface area contributed by atoms with Gasteiger partial charge in [-0.3, -0.25) is 9.59 Å². The largest absolute Gasteiger partial charge is 0.393 e. The molecule has 3 aliphatic rings. The fourth-order valence-corrected chi connectivity index (χ4v) is 6.87. The highest BCUT2D eigenvalue weighted by Gasteiger charge is 2.66. The van der Waals surface area contributed by atoms with Crippen LogP contribution < -0.4 is 16.0 Å². The van der Waals surface area contributed by atoms with Gasteiger partial charge in [0.2, 0.25) is 11.8 Å². The van der Waals surface area contributed by atoms with Crippen molar-refractivity contribution in [3.63, 3.8) is 0 Å². The molecule has 4 N–H and O–H groups in total. The predicted molar refractivity (Wildman–Crippen MR) is 142 cm³/mol. The SMILES string of the molecule is CC(C)(C)C[C@H]1N[C@@H](C(=O)NC2CC[C@H](O)C2)[C@H](c2ccc(F)c(Cl)c2)[C@@]12C(=O)Nc1cc(Cl)c(F)cc12. The smallest absolute Gasteiger partial charge is 0.238 e. The number of carbonyl (C=O) groups excluding carboxylic acids is 2. The molecular weight excluding hydrogens is 535 g/mol. The first-order valence-electron chi connectivity index (χ1n) is 12.8. The number of fused-ring (bicyclic) bond motifs is 2. The van der Waals surface area contributed by atoms with Crippen LogP contribution in [0.1, 0.15) is 63.5 Å². The molecule has 10 heteroatoms. The van der Waals surface area contributed by atoms with Crippen LogP contribution in [0.15, 0.2) is 30.3 Å². The Morgan fingerprint density at radius 3 is 2.47 bits per heavy atom. The lowest BCUT2D eigenvalue weighted by Crippen LogP contribution is -2.49. The molecule has 0 radical (unpaired) electrons. The van der Waals surface area contributed by atoms with Crippen LogP contribution in [0.4, 0.5) is 14.5 Å². The van der Waals surface area contributed by atoms with Crippen LogP contribution in [0.2, 0.25) is 10.0 Å². The van der Waals surface area contributed by atoms with Crippen LogP contribution in [-0.2, 0) is 15.0 Å². The summed E-state index contributed by atoms with van der Waals surface area (Å²) in [6.45, 7) is 6.07. The summed E-state index contributed by atoms with van der Waals surface area (Å²) in [4.78, 5) is 27.9. The number of aliphatic hydroxyl groups excluding tert-OH is 1. The molecule has 1 aliphatic carbocycles. The lowest BCUT2D eigenvalue weighted by atomic mass is 9.62. The Morgan fingerprint density at radius 1 is 1.13 bits per heavy atom. The van der Waals surface area contributed by atoms with E-state index in [4.69, 9.17) is 23.2 Å². The van der Waals surface area contributed by atoms with Crippen LogP contribution >= 0.6 is 23.2 Å². The maximum atomic E-state index is 14.9. The maximum Gasteiger partial charge on any atom is 0.238 e. The van der Waals surface area contributed by atoms with Crippen LogP contribution in [0.5, 0.6) is 0 Å². The molecule has 1 spiro atoms. The number of anilines is 1. The van der Waals surface area contributed by atoms with Crippen molar-refractivity contribution in [2.75, 3.05) is 5.32 Å². The van der Waals surface area contributed by atoms with E-state index in [9.17, 15) is 23.5 Å². The molecular formula is C28H31Cl2F2N3O3. The molecule has 2 aliphatic heterocycles. The predicted octanol–water partition coefficient (Wildman–Crippen LogP) is 5.05. The fourth-order valence-electron chi connectivity index (χ4n) is 6.52. The van der Waals surface area contributed by atoms with Gasteiger partial charge in [-0.2, -0.15) is 0 Å². The second kappa shape index (κ2) is 9.73. The molecule has 1 saturated carbocycles. The van der Waals surface area contributed by atoms with Gasteiger partial charge in [0.15, 0.2) is 0 Å². The van der Waals surface area contributed by atoms with E-state index in [0.29, 0.717) is 42.5 Å². The first-order valence-corrected chi connectivity index (χ1v) is 13.6. The molecule has 0 bridgehead atoms. The Kier molecular flexibility index (Phi) is 7.00. The second-order valence-electron chi connectivity index (χ2n) is 11.9. The maximum absolute atomic E-state index is 14.9. The minimum Gasteiger partial charge on any atom is -0.393 e. The number of halogens is 4. The van der Waals surface area contributed by atoms with Crippen LogP contribution in [-0.4, -0.2) is 41.2 Å². The van der Waals surface area contributed by atoms with Gasteiger partial charge in [-0.05, 0) is 66.5 Å². The van der Waals surface area contributed by atoms with Crippen molar-refractivity contribution < 1.29 is 23.5 Å². The normalized spacial score (nSPS) is 30.5. The minimum absolute atomic E-state index is 0.130. The molecule has 2 aromatic rings. The third-order valence-electron chi connectivity index (χ3n) is 8.04. The van der Waals surface area contributed by atoms with E-state index in [0.717, 1.165) is 0 Å². The zero-order valence-corrected chi connectivity index (χ0v) is 22.9. The van der Waals surface area contributed by atoms with E-state index in [-0.39, 0.29) is 27.4 Å². The van der Waals surface area contributed by atoms with Crippen molar-refractivity contribution in [3.05, 3.63) is 63.1 Å². The van der Waals surface area contributed by atoms with E-state index >= 15 is 0 Å². The molecule has 2 amide bonds. The summed E-state index contributed by atoms with van der Waals surface area (Å²) < 4.78 is 29.2. The standard InChI is InChI=1S/C28H31Cl2F2N3O3/c1-27(2,3)12-22-28(16-10-20(32)18(30)11-21(16)34-26(28)38)23(13-4-7-19(31)17(29)8-13)24(35-22)25(37)33-14-5-6-15(36)9-14/h4,7-8,10-11,14-15,22-24,35-36H,5-6,9,12H2,1-3H3,(H,33,37)(H,34,38)/t14?,15-,22+,23-,24+,28-/m0/s1. The first kappa shape index (κ1) is 27.3. The third-order valence-corrected chi connectivity index (χ3v) is 8.62. The molecule has 1 saturated heterocycles. The lowest BCUT2D eigenvalue weighted by molar-refractivity contribution is -0.124. The monoisotopic (exact) mass is 565 g/mol. The molecule has 5 rings (SSSR count). The van der Waals surface area contributed by atoms with Gasteiger partial charge in [-0.1, -0.05) is 50.0 Å². The van der Waals surface area contributed by atoms with Gasteiger partial charge in [-0.25, -0.2) is 8.78 Å². The van der Waals surface area contributed by atoms with Gasteiger partial charge >= 0.3 is 0 Å². The van der Waals surface area contributed by atoms with Gasteiger partial charge in [-0.15, -0.1) is 0 Å². The van der Waals surface area contributed by atoms with Gasteiger partial charge in [0.25, 0.3) is 0 Å². The van der Waals surface area contributed by atoms with Crippen molar-refractivity contribution >= 4 is 40.7 Å². The number of aliphatic hydroxyl groups is 1. The van der Waals surface area contributed by atoms with E-state index in [2.05, 4.69) is 16.0 Å². The second-order valence-corrected chi connectivity index (χ2v) is 12.7. The Hall–Kier alpha value is -2.26. The van der Waals surface area contributed by atoms with Crippen LogP contribution in [0.3, 0.4) is 0 Å². The zero-order valence-electron chi connectivity index (χ0n) is 21.4. The summed E-state index contributed by atoms with van der Waals surface area (Å²) in [5, 5.41) is 19.0. The van der Waals surface area contributed by atoms with Crippen molar-refractivity contribution in [2.24, 2.45) is 5.41 Å². The number of carbonyl (C=O) groups is 2. The Morgan fingerprint density at radius 2 is 1.84 bits per heavy atom. The summed E-state index contributed by atoms with van der Waals surface area (Å²) in [5.74, 6) is -2.90. The molecule has 38 heavy (non-hydrogen) atoms. The molecule has 0 aromatic heterocycles. The fraction of sp³-hybridized carbons (Fsp3) is 0.500. The van der Waals surface area contributed by atoms with Gasteiger partial charge in [0, 0.05) is 23.7 Å². The lowest BCUT2D eigenvalue weighted by Gasteiger charge is -2.37. The molecule has 2 heterocycles. The van der Waals surface area contributed by atoms with E-state index in [1.54, 1.807) is 0 Å². The Balaban J connectivity index is 1.70. The minimum atomic E-state index is -1.41. The Labute approximate surface area is 230 Å². The van der Waals surface area contributed by atoms with Crippen molar-refractivity contribution in [3.8, 4) is 0 Å². The molecule has 6 nitrogen and oxygen atoms in total. The highest BCUT2D eigenvalue weighted by molar-refractivity contribution is 6.31. The van der Waals surface area contributed by atoms with Crippen LogP contribution in [0, 0.1) is 17.0 Å². The van der Waals surface area contributed by atoms with Gasteiger partial charge in [0.05, 0.1) is 22.2 Å². The number of amides is 2. The number of benzene rings is 2. The topological polar surface area (TPSA) is 90.5 Å². The quantitative estimate of drug-likeness (QED) is 0.417. The van der Waals surface area contributed by atoms with E-state index in [1.807, 2.05) is 20.8 Å². The van der Waals surface area contributed by atoms with E-state index in [1.165, 1.54) is 30.3 Å². The van der Waals surface area contributed by atoms with Gasteiger partial charge < -0.3 is 21.1 Å². The number of hydrogen-bond donors (Lipinski definition) is 4. The molecule has 2 fully saturated rings. The molecule has 204 valence electrons. The number of rotatable bonds is 4. The van der Waals surface area contributed by atoms with E-state index < -0.39 is 47.1 Å². The van der Waals surface area contributed by atoms with Gasteiger partial charge in [0.1, 0.15) is 17.0 Å². The zero-order chi connectivity index (χ0) is 27.6.